The third kappa shape index (κ3) is 4.09. The van der Waals surface area contributed by atoms with E-state index in [0.717, 1.165) is 21.0 Å². The van der Waals surface area contributed by atoms with Gasteiger partial charge in [0, 0.05) is 24.2 Å². The van der Waals surface area contributed by atoms with Crippen molar-refractivity contribution in [3.63, 3.8) is 0 Å². The molecule has 0 saturated heterocycles. The van der Waals surface area contributed by atoms with Gasteiger partial charge in [0.1, 0.15) is 22.0 Å². The van der Waals surface area contributed by atoms with E-state index in [1.54, 1.807) is 29.2 Å². The molecule has 29 heavy (non-hydrogen) atoms. The third-order valence-corrected chi connectivity index (χ3v) is 6.19. The maximum absolute atomic E-state index is 13.1. The van der Waals surface area contributed by atoms with Gasteiger partial charge in [-0.15, -0.1) is 11.3 Å². The fraction of sp³-hybridized carbons (Fsp3) is 0.190. The number of amides is 1. The molecule has 1 N–H and O–H groups in total. The molecule has 0 fully saturated rings. The van der Waals surface area contributed by atoms with Crippen LogP contribution in [-0.4, -0.2) is 22.3 Å². The number of halogens is 2. The Morgan fingerprint density at radius 3 is 2.79 bits per heavy atom. The standard InChI is InChI=1S/C21H16ClFN4OS/c22-19-6-3-14(11-25-19)21(28)27-8-7-16-17(9-24)20(29-18(16)12-27)26-10-13-1-4-15(23)5-2-13/h1-6,11,26H,7-8,10,12H2. The van der Waals surface area contributed by atoms with E-state index in [-0.39, 0.29) is 11.7 Å². The summed E-state index contributed by atoms with van der Waals surface area (Å²) in [5.41, 5.74) is 3.04. The van der Waals surface area contributed by atoms with E-state index in [9.17, 15) is 14.4 Å². The lowest BCUT2D eigenvalue weighted by Gasteiger charge is -2.27. The van der Waals surface area contributed by atoms with E-state index in [2.05, 4.69) is 16.4 Å². The number of aromatic nitrogens is 1. The summed E-state index contributed by atoms with van der Waals surface area (Å²) in [4.78, 5) is 19.5. The molecular formula is C21H16ClFN4OS. The Morgan fingerprint density at radius 1 is 1.31 bits per heavy atom. The summed E-state index contributed by atoms with van der Waals surface area (Å²) in [6.07, 6.45) is 2.10. The number of thiophene rings is 1. The maximum atomic E-state index is 13.1. The number of hydrogen-bond donors (Lipinski definition) is 1. The highest BCUT2D eigenvalue weighted by molar-refractivity contribution is 7.16. The van der Waals surface area contributed by atoms with E-state index in [4.69, 9.17) is 11.6 Å². The van der Waals surface area contributed by atoms with Gasteiger partial charge < -0.3 is 10.2 Å². The Balaban J connectivity index is 1.51. The van der Waals surface area contributed by atoms with E-state index in [1.807, 2.05) is 0 Å². The van der Waals surface area contributed by atoms with Crippen LogP contribution in [-0.2, 0) is 19.5 Å². The van der Waals surface area contributed by atoms with Gasteiger partial charge in [0.25, 0.3) is 5.91 Å². The zero-order valence-electron chi connectivity index (χ0n) is 15.3. The Hall–Kier alpha value is -2.95. The minimum Gasteiger partial charge on any atom is -0.372 e. The number of anilines is 1. The summed E-state index contributed by atoms with van der Waals surface area (Å²) in [7, 11) is 0. The molecule has 146 valence electrons. The van der Waals surface area contributed by atoms with E-state index >= 15 is 0 Å². The Morgan fingerprint density at radius 2 is 2.10 bits per heavy atom. The van der Waals surface area contributed by atoms with Crippen molar-refractivity contribution in [2.24, 2.45) is 0 Å². The zero-order valence-corrected chi connectivity index (χ0v) is 16.9. The number of benzene rings is 1. The van der Waals surface area contributed by atoms with Crippen LogP contribution in [0.15, 0.2) is 42.6 Å². The quantitative estimate of drug-likeness (QED) is 0.618. The normalized spacial score (nSPS) is 12.9. The molecule has 4 rings (SSSR count). The monoisotopic (exact) mass is 426 g/mol. The van der Waals surface area contributed by atoms with Gasteiger partial charge in [-0.05, 0) is 41.8 Å². The van der Waals surface area contributed by atoms with Crippen molar-refractivity contribution < 1.29 is 9.18 Å². The molecule has 2 aromatic heterocycles. The number of carbonyl (C=O) groups excluding carboxylic acids is 1. The van der Waals surface area contributed by atoms with Crippen molar-refractivity contribution in [1.82, 2.24) is 9.88 Å². The van der Waals surface area contributed by atoms with Crippen LogP contribution in [0.25, 0.3) is 0 Å². The van der Waals surface area contributed by atoms with Crippen molar-refractivity contribution in [2.45, 2.75) is 19.5 Å². The molecule has 3 heterocycles. The molecule has 0 saturated carbocycles. The second-order valence-electron chi connectivity index (χ2n) is 6.65. The Labute approximate surface area is 176 Å². The lowest BCUT2D eigenvalue weighted by Crippen LogP contribution is -2.35. The van der Waals surface area contributed by atoms with Crippen LogP contribution in [0.3, 0.4) is 0 Å². The molecule has 0 aliphatic carbocycles. The van der Waals surface area contributed by atoms with Gasteiger partial charge in [-0.3, -0.25) is 4.79 Å². The molecule has 1 amide bonds. The minimum absolute atomic E-state index is 0.104. The molecule has 1 aliphatic rings. The number of nitrogens with zero attached hydrogens (tertiary/aromatic N) is 3. The first-order chi connectivity index (χ1) is 14.0. The average Bonchev–Trinajstić information content (AvgIpc) is 3.10. The zero-order chi connectivity index (χ0) is 20.4. The van der Waals surface area contributed by atoms with Crippen molar-refractivity contribution in [3.8, 4) is 6.07 Å². The van der Waals surface area contributed by atoms with Crippen LogP contribution >= 0.6 is 22.9 Å². The van der Waals surface area contributed by atoms with Gasteiger partial charge in [0.2, 0.25) is 0 Å². The smallest absolute Gasteiger partial charge is 0.255 e. The number of pyridine rings is 1. The second kappa shape index (κ2) is 8.19. The van der Waals surface area contributed by atoms with Gasteiger partial charge in [-0.25, -0.2) is 9.37 Å². The number of nitriles is 1. The van der Waals surface area contributed by atoms with Crippen LogP contribution in [0.4, 0.5) is 9.39 Å². The van der Waals surface area contributed by atoms with Crippen molar-refractivity contribution >= 4 is 33.8 Å². The lowest BCUT2D eigenvalue weighted by molar-refractivity contribution is 0.0736. The van der Waals surface area contributed by atoms with Gasteiger partial charge in [0.15, 0.2) is 0 Å². The molecule has 0 bridgehead atoms. The predicted molar refractivity (Wildman–Crippen MR) is 110 cm³/mol. The Kier molecular flexibility index (Phi) is 5.47. The predicted octanol–water partition coefficient (Wildman–Crippen LogP) is 4.62. The highest BCUT2D eigenvalue weighted by Gasteiger charge is 2.27. The maximum Gasteiger partial charge on any atom is 0.255 e. The van der Waals surface area contributed by atoms with Crippen LogP contribution in [0, 0.1) is 17.1 Å². The summed E-state index contributed by atoms with van der Waals surface area (Å²) in [5.74, 6) is -0.383. The van der Waals surface area contributed by atoms with E-state index in [1.165, 1.54) is 29.7 Å². The first-order valence-corrected chi connectivity index (χ1v) is 10.2. The summed E-state index contributed by atoms with van der Waals surface area (Å²) < 4.78 is 13.1. The summed E-state index contributed by atoms with van der Waals surface area (Å²) in [5, 5.41) is 14.1. The summed E-state index contributed by atoms with van der Waals surface area (Å²) in [6.45, 7) is 1.49. The molecule has 3 aromatic rings. The van der Waals surface area contributed by atoms with Gasteiger partial charge in [-0.2, -0.15) is 5.26 Å². The van der Waals surface area contributed by atoms with Gasteiger partial charge in [-0.1, -0.05) is 23.7 Å². The van der Waals surface area contributed by atoms with Gasteiger partial charge in [0.05, 0.1) is 17.7 Å². The topological polar surface area (TPSA) is 69.0 Å². The molecule has 8 heteroatoms. The summed E-state index contributed by atoms with van der Waals surface area (Å²) >= 11 is 7.29. The number of carbonyl (C=O) groups is 1. The van der Waals surface area contributed by atoms with Crippen LogP contribution in [0.1, 0.15) is 31.9 Å². The van der Waals surface area contributed by atoms with Crippen LogP contribution in [0.5, 0.6) is 0 Å². The van der Waals surface area contributed by atoms with Crippen molar-refractivity contribution in [3.05, 3.63) is 80.7 Å². The lowest BCUT2D eigenvalue weighted by atomic mass is 10.0. The first kappa shape index (κ1) is 19.4. The SMILES string of the molecule is N#Cc1c(NCc2ccc(F)cc2)sc2c1CCN(C(=O)c1ccc(Cl)nc1)C2. The minimum atomic E-state index is -0.279. The molecule has 0 atom stereocenters. The Bertz CT molecular complexity index is 1090. The molecule has 0 radical (unpaired) electrons. The molecule has 0 spiro atoms. The van der Waals surface area contributed by atoms with Crippen molar-refractivity contribution in [1.29, 1.82) is 5.26 Å². The average molecular weight is 427 g/mol. The molecule has 5 nitrogen and oxygen atoms in total. The molecular weight excluding hydrogens is 411 g/mol. The van der Waals surface area contributed by atoms with Crippen molar-refractivity contribution in [2.75, 3.05) is 11.9 Å². The molecule has 1 aromatic carbocycles. The number of fused-ring (bicyclic) bond motifs is 1. The third-order valence-electron chi connectivity index (χ3n) is 4.80. The highest BCUT2D eigenvalue weighted by atomic mass is 35.5. The summed E-state index contributed by atoms with van der Waals surface area (Å²) in [6, 6.07) is 11.8. The van der Waals surface area contributed by atoms with E-state index < -0.39 is 0 Å². The largest absolute Gasteiger partial charge is 0.372 e. The fourth-order valence-electron chi connectivity index (χ4n) is 3.29. The first-order valence-electron chi connectivity index (χ1n) is 8.99. The highest BCUT2D eigenvalue weighted by Crippen LogP contribution is 2.37. The fourth-order valence-corrected chi connectivity index (χ4v) is 4.61. The van der Waals surface area contributed by atoms with E-state index in [0.29, 0.717) is 42.3 Å². The molecule has 0 unspecified atom stereocenters. The van der Waals surface area contributed by atoms with Gasteiger partial charge >= 0.3 is 0 Å². The number of hydrogen-bond acceptors (Lipinski definition) is 5. The number of rotatable bonds is 4. The molecule has 1 aliphatic heterocycles. The van der Waals surface area contributed by atoms with Crippen LogP contribution < -0.4 is 5.32 Å². The van der Waals surface area contributed by atoms with Crippen LogP contribution in [0.2, 0.25) is 5.15 Å². The number of nitrogens with one attached hydrogen (secondary N) is 1. The second-order valence-corrected chi connectivity index (χ2v) is 8.14.